The minimum Gasteiger partial charge on any atom is -0.342 e. The van der Waals surface area contributed by atoms with E-state index in [0.717, 1.165) is 22.4 Å². The molecule has 2 aromatic carbocycles. The second-order valence-electron chi connectivity index (χ2n) is 6.09. The number of nitrogens with one attached hydrogen (secondary N) is 2. The summed E-state index contributed by atoms with van der Waals surface area (Å²) in [6.07, 6.45) is 3.88. The molecule has 1 amide bonds. The van der Waals surface area contributed by atoms with E-state index in [0.29, 0.717) is 12.0 Å². The number of hydrogen-bond acceptors (Lipinski definition) is 3. The van der Waals surface area contributed by atoms with Crippen LogP contribution in [0, 0.1) is 0 Å². The molecule has 0 aliphatic heterocycles. The fraction of sp³-hybridized carbons (Fsp3) is 0.0952. The summed E-state index contributed by atoms with van der Waals surface area (Å²) in [5.41, 5.74) is 3.56. The van der Waals surface area contributed by atoms with Gasteiger partial charge in [0.2, 0.25) is 0 Å². The van der Waals surface area contributed by atoms with Crippen molar-refractivity contribution in [3.63, 3.8) is 0 Å². The van der Waals surface area contributed by atoms with E-state index in [4.69, 9.17) is 0 Å². The highest BCUT2D eigenvalue weighted by Crippen LogP contribution is 2.20. The molecule has 2 N–H and O–H groups in total. The Labute approximate surface area is 151 Å². The number of amides is 1. The number of aromatic nitrogens is 3. The first-order chi connectivity index (χ1) is 12.8. The first-order valence-corrected chi connectivity index (χ1v) is 8.49. The highest BCUT2D eigenvalue weighted by Gasteiger charge is 2.19. The van der Waals surface area contributed by atoms with Gasteiger partial charge in [-0.05, 0) is 36.2 Å². The molecule has 128 valence electrons. The molecule has 2 aromatic heterocycles. The van der Waals surface area contributed by atoms with Crippen molar-refractivity contribution in [3.8, 4) is 0 Å². The van der Waals surface area contributed by atoms with Gasteiger partial charge in [-0.2, -0.15) is 0 Å². The second kappa shape index (κ2) is 7.19. The van der Waals surface area contributed by atoms with Crippen LogP contribution in [-0.4, -0.2) is 20.9 Å². The number of rotatable bonds is 5. The van der Waals surface area contributed by atoms with Crippen LogP contribution in [0.1, 0.15) is 27.8 Å². The summed E-state index contributed by atoms with van der Waals surface area (Å²) < 4.78 is 0. The van der Waals surface area contributed by atoms with Crippen molar-refractivity contribution in [2.45, 2.75) is 12.5 Å². The highest BCUT2D eigenvalue weighted by molar-refractivity contribution is 5.94. The molecule has 2 heterocycles. The average Bonchev–Trinajstić information content (AvgIpc) is 3.13. The molecular formula is C21H18N4O. The van der Waals surface area contributed by atoms with Crippen LogP contribution in [0.3, 0.4) is 0 Å². The number of para-hydroxylation sites is 2. The van der Waals surface area contributed by atoms with Gasteiger partial charge in [-0.15, -0.1) is 0 Å². The summed E-state index contributed by atoms with van der Waals surface area (Å²) in [5.74, 6) is 0.603. The Hall–Kier alpha value is -3.47. The Morgan fingerprint density at radius 1 is 0.962 bits per heavy atom. The standard InChI is InChI=1S/C21H18N4O/c26-21(16-10-12-22-13-11-16)25-19(14-15-6-2-1-3-7-15)20-23-17-8-4-5-9-18(17)24-20/h1-13,19H,14H2,(H,23,24)(H,25,26). The third-order valence-corrected chi connectivity index (χ3v) is 4.27. The van der Waals surface area contributed by atoms with Crippen molar-refractivity contribution in [2.24, 2.45) is 0 Å². The van der Waals surface area contributed by atoms with E-state index in [1.54, 1.807) is 24.5 Å². The van der Waals surface area contributed by atoms with E-state index in [1.807, 2.05) is 54.6 Å². The molecule has 0 bridgehead atoms. The number of fused-ring (bicyclic) bond motifs is 1. The molecule has 0 spiro atoms. The van der Waals surface area contributed by atoms with Gasteiger partial charge in [0.25, 0.3) is 5.91 Å². The fourth-order valence-electron chi connectivity index (χ4n) is 2.95. The normalized spacial score (nSPS) is 12.0. The molecule has 0 saturated heterocycles. The van der Waals surface area contributed by atoms with Crippen LogP contribution in [0.15, 0.2) is 79.1 Å². The number of pyridine rings is 1. The zero-order valence-electron chi connectivity index (χ0n) is 14.1. The molecule has 5 heteroatoms. The molecule has 26 heavy (non-hydrogen) atoms. The van der Waals surface area contributed by atoms with E-state index >= 15 is 0 Å². The number of carbonyl (C=O) groups is 1. The first kappa shape index (κ1) is 16.0. The molecule has 1 unspecified atom stereocenters. The lowest BCUT2D eigenvalue weighted by molar-refractivity contribution is 0.0935. The van der Waals surface area contributed by atoms with Gasteiger partial charge >= 0.3 is 0 Å². The average molecular weight is 342 g/mol. The Morgan fingerprint density at radius 3 is 2.46 bits per heavy atom. The summed E-state index contributed by atoms with van der Waals surface area (Å²) in [4.78, 5) is 24.6. The summed E-state index contributed by atoms with van der Waals surface area (Å²) in [6, 6.07) is 21.1. The van der Waals surface area contributed by atoms with E-state index in [1.165, 1.54) is 0 Å². The molecule has 0 aliphatic carbocycles. The zero-order chi connectivity index (χ0) is 17.8. The quantitative estimate of drug-likeness (QED) is 0.581. The molecule has 5 nitrogen and oxygen atoms in total. The van der Waals surface area contributed by atoms with Gasteiger partial charge < -0.3 is 10.3 Å². The fourth-order valence-corrected chi connectivity index (χ4v) is 2.95. The van der Waals surface area contributed by atoms with Gasteiger partial charge in [-0.1, -0.05) is 42.5 Å². The van der Waals surface area contributed by atoms with Gasteiger partial charge in [-0.25, -0.2) is 4.98 Å². The van der Waals surface area contributed by atoms with Crippen molar-refractivity contribution in [3.05, 3.63) is 96.1 Å². The number of aromatic amines is 1. The Balaban J connectivity index is 1.65. The van der Waals surface area contributed by atoms with Crippen LogP contribution in [0.2, 0.25) is 0 Å². The van der Waals surface area contributed by atoms with E-state index in [2.05, 4.69) is 20.3 Å². The summed E-state index contributed by atoms with van der Waals surface area (Å²) in [7, 11) is 0. The number of nitrogens with zero attached hydrogens (tertiary/aromatic N) is 2. The topological polar surface area (TPSA) is 70.7 Å². The smallest absolute Gasteiger partial charge is 0.251 e. The van der Waals surface area contributed by atoms with Crippen molar-refractivity contribution in [2.75, 3.05) is 0 Å². The van der Waals surface area contributed by atoms with Crippen LogP contribution in [0.25, 0.3) is 11.0 Å². The van der Waals surface area contributed by atoms with E-state index in [9.17, 15) is 4.79 Å². The maximum Gasteiger partial charge on any atom is 0.251 e. The monoisotopic (exact) mass is 342 g/mol. The van der Waals surface area contributed by atoms with Crippen LogP contribution < -0.4 is 5.32 Å². The van der Waals surface area contributed by atoms with E-state index < -0.39 is 0 Å². The van der Waals surface area contributed by atoms with Crippen LogP contribution in [-0.2, 0) is 6.42 Å². The molecule has 0 saturated carbocycles. The number of hydrogen-bond donors (Lipinski definition) is 2. The Bertz CT molecular complexity index is 979. The third kappa shape index (κ3) is 3.47. The Kier molecular flexibility index (Phi) is 4.43. The van der Waals surface area contributed by atoms with E-state index in [-0.39, 0.29) is 11.9 Å². The van der Waals surface area contributed by atoms with Gasteiger partial charge in [0.15, 0.2) is 0 Å². The van der Waals surface area contributed by atoms with Gasteiger partial charge in [-0.3, -0.25) is 9.78 Å². The van der Waals surface area contributed by atoms with Gasteiger partial charge in [0.05, 0.1) is 17.1 Å². The lowest BCUT2D eigenvalue weighted by atomic mass is 10.0. The van der Waals surface area contributed by atoms with Crippen molar-refractivity contribution < 1.29 is 4.79 Å². The van der Waals surface area contributed by atoms with Crippen molar-refractivity contribution in [1.82, 2.24) is 20.3 Å². The zero-order valence-corrected chi connectivity index (χ0v) is 14.1. The lowest BCUT2D eigenvalue weighted by Crippen LogP contribution is -2.30. The van der Waals surface area contributed by atoms with Crippen molar-refractivity contribution >= 4 is 16.9 Å². The second-order valence-corrected chi connectivity index (χ2v) is 6.09. The molecule has 4 rings (SSSR count). The van der Waals surface area contributed by atoms with Crippen molar-refractivity contribution in [1.29, 1.82) is 0 Å². The number of carbonyl (C=O) groups excluding carboxylic acids is 1. The summed E-state index contributed by atoms with van der Waals surface area (Å²) in [5, 5.41) is 3.10. The number of imidazole rings is 1. The third-order valence-electron chi connectivity index (χ3n) is 4.27. The molecule has 4 aromatic rings. The minimum atomic E-state index is -0.259. The first-order valence-electron chi connectivity index (χ1n) is 8.49. The molecule has 0 fully saturated rings. The highest BCUT2D eigenvalue weighted by atomic mass is 16.1. The molecule has 0 aliphatic rings. The number of H-pyrrole nitrogens is 1. The predicted octanol–water partition coefficient (Wildman–Crippen LogP) is 3.67. The maximum atomic E-state index is 12.7. The molecular weight excluding hydrogens is 324 g/mol. The molecule has 1 atom stereocenters. The van der Waals surface area contributed by atoms with Crippen LogP contribution in [0.4, 0.5) is 0 Å². The van der Waals surface area contributed by atoms with Gasteiger partial charge in [0.1, 0.15) is 5.82 Å². The largest absolute Gasteiger partial charge is 0.342 e. The van der Waals surface area contributed by atoms with Crippen LogP contribution >= 0.6 is 0 Å². The van der Waals surface area contributed by atoms with Crippen LogP contribution in [0.5, 0.6) is 0 Å². The predicted molar refractivity (Wildman–Crippen MR) is 101 cm³/mol. The summed E-state index contributed by atoms with van der Waals surface area (Å²) in [6.45, 7) is 0. The van der Waals surface area contributed by atoms with Gasteiger partial charge in [0, 0.05) is 18.0 Å². The summed E-state index contributed by atoms with van der Waals surface area (Å²) >= 11 is 0. The Morgan fingerprint density at radius 2 is 1.69 bits per heavy atom. The maximum absolute atomic E-state index is 12.7. The SMILES string of the molecule is O=C(NC(Cc1ccccc1)c1nc2ccccc2[nH]1)c1ccncc1. The minimum absolute atomic E-state index is 0.145. The molecule has 0 radical (unpaired) electrons. The number of benzene rings is 2. The lowest BCUT2D eigenvalue weighted by Gasteiger charge is -2.17.